The second kappa shape index (κ2) is 9.40. The molecule has 1 aliphatic heterocycles. The lowest BCUT2D eigenvalue weighted by atomic mass is 9.90. The predicted octanol–water partition coefficient (Wildman–Crippen LogP) is 3.78. The number of nitrogens with zero attached hydrogens (tertiary/aromatic N) is 1. The number of amides is 1. The van der Waals surface area contributed by atoms with Crippen LogP contribution in [0.1, 0.15) is 48.8 Å². The van der Waals surface area contributed by atoms with Crippen molar-refractivity contribution in [3.8, 4) is 0 Å². The Morgan fingerprint density at radius 1 is 1.18 bits per heavy atom. The van der Waals surface area contributed by atoms with E-state index < -0.39 is 0 Å². The van der Waals surface area contributed by atoms with E-state index in [9.17, 15) is 4.79 Å². The molecule has 2 atom stereocenters. The maximum Gasteiger partial charge on any atom is 0.225 e. The molecule has 0 spiro atoms. The van der Waals surface area contributed by atoms with Crippen LogP contribution >= 0.6 is 0 Å². The summed E-state index contributed by atoms with van der Waals surface area (Å²) in [6, 6.07) is 16.7. The predicted molar refractivity (Wildman–Crippen MR) is 116 cm³/mol. The van der Waals surface area contributed by atoms with E-state index in [1.807, 2.05) is 18.2 Å². The number of carbonyl (C=O) groups is 1. The highest BCUT2D eigenvalue weighted by Crippen LogP contribution is 2.31. The molecule has 2 unspecified atom stereocenters. The summed E-state index contributed by atoms with van der Waals surface area (Å²) in [6.07, 6.45) is 0.489. The van der Waals surface area contributed by atoms with Gasteiger partial charge in [-0.05, 0) is 31.0 Å². The Hall–Kier alpha value is -2.82. The average molecular weight is 379 g/mol. The molecular weight excluding hydrogens is 348 g/mol. The molecule has 5 heteroatoms. The monoisotopic (exact) mass is 378 g/mol. The molecule has 5 nitrogen and oxygen atoms in total. The van der Waals surface area contributed by atoms with Crippen LogP contribution in [0.3, 0.4) is 0 Å². The fourth-order valence-corrected chi connectivity index (χ4v) is 3.47. The number of para-hydroxylation sites is 1. The van der Waals surface area contributed by atoms with Gasteiger partial charge in [0.25, 0.3) is 0 Å². The maximum absolute atomic E-state index is 12.0. The van der Waals surface area contributed by atoms with E-state index in [0.717, 1.165) is 18.2 Å². The Balaban J connectivity index is 1.64. The molecule has 3 N–H and O–H groups in total. The van der Waals surface area contributed by atoms with Gasteiger partial charge in [-0.2, -0.15) is 0 Å². The number of aryl methyl sites for hydroxylation is 1. The summed E-state index contributed by atoms with van der Waals surface area (Å²) in [5.41, 5.74) is 4.66. The molecule has 2 aromatic rings. The van der Waals surface area contributed by atoms with Crippen molar-refractivity contribution in [2.75, 3.05) is 25.0 Å². The van der Waals surface area contributed by atoms with Gasteiger partial charge in [0.2, 0.25) is 5.91 Å². The Morgan fingerprint density at radius 2 is 1.93 bits per heavy atom. The van der Waals surface area contributed by atoms with Gasteiger partial charge in [0.15, 0.2) is 5.96 Å². The minimum atomic E-state index is 0.0698. The average Bonchev–Trinajstić information content (AvgIpc) is 2.70. The summed E-state index contributed by atoms with van der Waals surface area (Å²) in [5.74, 6) is 1.35. The first-order chi connectivity index (χ1) is 13.6. The summed E-state index contributed by atoms with van der Waals surface area (Å²) >= 11 is 0. The normalized spacial score (nSPS) is 17.5. The first-order valence-corrected chi connectivity index (χ1v) is 10.0. The highest BCUT2D eigenvalue weighted by Gasteiger charge is 2.24. The summed E-state index contributed by atoms with van der Waals surface area (Å²) in [7, 11) is 0. The van der Waals surface area contributed by atoms with Crippen LogP contribution in [-0.4, -0.2) is 31.5 Å². The van der Waals surface area contributed by atoms with Crippen LogP contribution in [0.4, 0.5) is 5.69 Å². The molecule has 1 aliphatic rings. The summed E-state index contributed by atoms with van der Waals surface area (Å²) in [4.78, 5) is 16.8. The van der Waals surface area contributed by atoms with Crippen molar-refractivity contribution in [1.29, 1.82) is 0 Å². The lowest BCUT2D eigenvalue weighted by molar-refractivity contribution is -0.116. The molecule has 1 amide bonds. The number of hydrogen-bond acceptors (Lipinski definition) is 2. The largest absolute Gasteiger partial charge is 0.357 e. The number of rotatable bonds is 6. The van der Waals surface area contributed by atoms with E-state index in [1.165, 1.54) is 16.7 Å². The Kier molecular flexibility index (Phi) is 6.69. The van der Waals surface area contributed by atoms with E-state index in [0.29, 0.717) is 25.4 Å². The zero-order chi connectivity index (χ0) is 19.9. The lowest BCUT2D eigenvalue weighted by Crippen LogP contribution is -2.41. The van der Waals surface area contributed by atoms with Crippen LogP contribution in [0, 0.1) is 6.92 Å². The molecule has 0 saturated carbocycles. The molecule has 28 heavy (non-hydrogen) atoms. The van der Waals surface area contributed by atoms with Crippen molar-refractivity contribution < 1.29 is 4.79 Å². The highest BCUT2D eigenvalue weighted by molar-refractivity contribution is 5.94. The molecule has 148 valence electrons. The molecule has 0 fully saturated rings. The Labute approximate surface area is 167 Å². The minimum absolute atomic E-state index is 0.0698. The van der Waals surface area contributed by atoms with Gasteiger partial charge >= 0.3 is 0 Å². The van der Waals surface area contributed by atoms with Crippen molar-refractivity contribution in [3.63, 3.8) is 0 Å². The van der Waals surface area contributed by atoms with Gasteiger partial charge in [-0.3, -0.25) is 9.79 Å². The zero-order valence-electron chi connectivity index (χ0n) is 17.0. The molecule has 0 saturated heterocycles. The minimum Gasteiger partial charge on any atom is -0.357 e. The van der Waals surface area contributed by atoms with E-state index in [2.05, 4.69) is 67.1 Å². The number of hydrogen-bond donors (Lipinski definition) is 3. The molecular formula is C23H30N4O. The maximum atomic E-state index is 12.0. The summed E-state index contributed by atoms with van der Waals surface area (Å²) in [5, 5.41) is 9.69. The van der Waals surface area contributed by atoms with Gasteiger partial charge in [-0.15, -0.1) is 0 Å². The first-order valence-electron chi connectivity index (χ1n) is 10.0. The Morgan fingerprint density at radius 3 is 2.68 bits per heavy atom. The number of anilines is 1. The molecule has 0 radical (unpaired) electrons. The molecule has 0 bridgehead atoms. The van der Waals surface area contributed by atoms with Gasteiger partial charge in [-0.25, -0.2) is 0 Å². The summed E-state index contributed by atoms with van der Waals surface area (Å²) in [6.45, 7) is 8.54. The van der Waals surface area contributed by atoms with Crippen LogP contribution in [0.5, 0.6) is 0 Å². The third kappa shape index (κ3) is 5.12. The standard InChI is InChI=1S/C23H30N4O/c1-4-24-23(25-14-17(3)18-11-9-16(2)10-12-18)26-15-19-13-22(28)27-21-8-6-5-7-20(19)21/h5-12,17,19H,4,13-15H2,1-3H3,(H,27,28)(H2,24,25,26). The van der Waals surface area contributed by atoms with Crippen molar-refractivity contribution in [1.82, 2.24) is 10.6 Å². The molecule has 1 heterocycles. The SMILES string of the molecule is CCNC(=NCC(C)c1ccc(C)cc1)NCC1CC(=O)Nc2ccccc21. The van der Waals surface area contributed by atoms with Gasteiger partial charge in [-0.1, -0.05) is 55.0 Å². The van der Waals surface area contributed by atoms with E-state index in [4.69, 9.17) is 4.99 Å². The first kappa shape index (κ1) is 19.9. The molecule has 2 aromatic carbocycles. The molecule has 0 aromatic heterocycles. The van der Waals surface area contributed by atoms with Crippen LogP contribution < -0.4 is 16.0 Å². The number of fused-ring (bicyclic) bond motifs is 1. The van der Waals surface area contributed by atoms with Gasteiger partial charge in [0.1, 0.15) is 0 Å². The van der Waals surface area contributed by atoms with Crippen molar-refractivity contribution in [3.05, 3.63) is 65.2 Å². The fraction of sp³-hybridized carbons (Fsp3) is 0.391. The van der Waals surface area contributed by atoms with Gasteiger partial charge in [0.05, 0.1) is 0 Å². The molecule has 3 rings (SSSR count). The molecule has 0 aliphatic carbocycles. The fourth-order valence-electron chi connectivity index (χ4n) is 3.47. The summed E-state index contributed by atoms with van der Waals surface area (Å²) < 4.78 is 0. The quantitative estimate of drug-likeness (QED) is 0.529. The third-order valence-corrected chi connectivity index (χ3v) is 5.14. The van der Waals surface area contributed by atoms with Crippen molar-refractivity contribution in [2.24, 2.45) is 4.99 Å². The second-order valence-electron chi connectivity index (χ2n) is 7.45. The van der Waals surface area contributed by atoms with E-state index in [-0.39, 0.29) is 11.8 Å². The van der Waals surface area contributed by atoms with Crippen LogP contribution in [0.2, 0.25) is 0 Å². The lowest BCUT2D eigenvalue weighted by Gasteiger charge is -2.26. The van der Waals surface area contributed by atoms with Crippen molar-refractivity contribution in [2.45, 2.75) is 39.0 Å². The highest BCUT2D eigenvalue weighted by atomic mass is 16.1. The number of nitrogens with one attached hydrogen (secondary N) is 3. The topological polar surface area (TPSA) is 65.5 Å². The van der Waals surface area contributed by atoms with Crippen LogP contribution in [0.15, 0.2) is 53.5 Å². The number of aliphatic imine (C=N–C) groups is 1. The second-order valence-corrected chi connectivity index (χ2v) is 7.45. The third-order valence-electron chi connectivity index (χ3n) is 5.14. The van der Waals surface area contributed by atoms with Crippen LogP contribution in [0.25, 0.3) is 0 Å². The van der Waals surface area contributed by atoms with Crippen molar-refractivity contribution >= 4 is 17.6 Å². The van der Waals surface area contributed by atoms with Gasteiger partial charge in [0, 0.05) is 43.6 Å². The van der Waals surface area contributed by atoms with Gasteiger partial charge < -0.3 is 16.0 Å². The smallest absolute Gasteiger partial charge is 0.225 e. The van der Waals surface area contributed by atoms with E-state index in [1.54, 1.807) is 0 Å². The number of carbonyl (C=O) groups excluding carboxylic acids is 1. The Bertz CT molecular complexity index is 829. The van der Waals surface area contributed by atoms with Crippen LogP contribution in [-0.2, 0) is 4.79 Å². The number of guanidine groups is 1. The van der Waals surface area contributed by atoms with E-state index >= 15 is 0 Å². The number of benzene rings is 2. The zero-order valence-corrected chi connectivity index (χ0v) is 17.0.